The Balaban J connectivity index is 1.58. The van der Waals surface area contributed by atoms with E-state index in [1.807, 2.05) is 6.07 Å². The average molecular weight is 480 g/mol. The SMILES string of the molecule is [O-][N+]1(Cc2c(Cl)cccc2Cl)Cc2ccccc2OC(c2cccc3c2OC(F)(F)O3)C1. The van der Waals surface area contributed by atoms with E-state index < -0.39 is 17.0 Å². The van der Waals surface area contributed by atoms with Gasteiger partial charge in [0.15, 0.2) is 17.6 Å². The van der Waals surface area contributed by atoms with Gasteiger partial charge in [0.25, 0.3) is 0 Å². The van der Waals surface area contributed by atoms with E-state index >= 15 is 0 Å². The molecular formula is C23H17Cl2F2NO4. The monoisotopic (exact) mass is 479 g/mol. The number of rotatable bonds is 3. The van der Waals surface area contributed by atoms with Crippen molar-refractivity contribution in [3.05, 3.63) is 92.6 Å². The van der Waals surface area contributed by atoms with Crippen molar-refractivity contribution >= 4 is 23.2 Å². The van der Waals surface area contributed by atoms with Gasteiger partial charge in [-0.15, -0.1) is 8.78 Å². The second-order valence-electron chi connectivity index (χ2n) is 7.81. The summed E-state index contributed by atoms with van der Waals surface area (Å²) in [4.78, 5) is 0. The number of halogens is 4. The lowest BCUT2D eigenvalue weighted by molar-refractivity contribution is -0.909. The van der Waals surface area contributed by atoms with Crippen LogP contribution in [0.5, 0.6) is 17.2 Å². The Hall–Kier alpha value is -2.58. The highest BCUT2D eigenvalue weighted by Crippen LogP contribution is 2.47. The van der Waals surface area contributed by atoms with Gasteiger partial charge in [0.2, 0.25) is 0 Å². The van der Waals surface area contributed by atoms with Gasteiger partial charge >= 0.3 is 6.29 Å². The third-order valence-corrected chi connectivity index (χ3v) is 6.22. The normalized spacial score (nSPS) is 23.2. The number of quaternary nitrogens is 1. The minimum absolute atomic E-state index is 0.0186. The number of benzene rings is 3. The average Bonchev–Trinajstić information content (AvgIpc) is 2.96. The fourth-order valence-corrected chi connectivity index (χ4v) is 4.63. The van der Waals surface area contributed by atoms with E-state index in [-0.39, 0.29) is 31.1 Å². The maximum absolute atomic E-state index is 14.1. The van der Waals surface area contributed by atoms with Gasteiger partial charge in [-0.05, 0) is 30.3 Å². The van der Waals surface area contributed by atoms with Crippen molar-refractivity contribution in [2.45, 2.75) is 25.5 Å². The number of nitrogens with zero attached hydrogens (tertiary/aromatic N) is 1. The summed E-state index contributed by atoms with van der Waals surface area (Å²) in [5.41, 5.74) is 1.52. The molecule has 9 heteroatoms. The van der Waals surface area contributed by atoms with Gasteiger partial charge in [-0.2, -0.15) is 0 Å². The molecule has 5 nitrogen and oxygen atoms in total. The van der Waals surface area contributed by atoms with E-state index in [9.17, 15) is 14.0 Å². The quantitative estimate of drug-likeness (QED) is 0.319. The molecule has 0 radical (unpaired) electrons. The predicted octanol–water partition coefficient (Wildman–Crippen LogP) is 6.46. The Bertz CT molecular complexity index is 1170. The lowest BCUT2D eigenvalue weighted by Gasteiger charge is -2.43. The molecule has 0 N–H and O–H groups in total. The molecule has 2 unspecified atom stereocenters. The number of ether oxygens (including phenoxy) is 3. The van der Waals surface area contributed by atoms with Crippen molar-refractivity contribution in [2.24, 2.45) is 0 Å². The van der Waals surface area contributed by atoms with Gasteiger partial charge in [0.05, 0.1) is 10.0 Å². The Morgan fingerprint density at radius 3 is 2.41 bits per heavy atom. The molecule has 0 saturated carbocycles. The minimum Gasteiger partial charge on any atom is -0.632 e. The van der Waals surface area contributed by atoms with Gasteiger partial charge < -0.3 is 24.1 Å². The van der Waals surface area contributed by atoms with Crippen molar-refractivity contribution < 1.29 is 27.6 Å². The van der Waals surface area contributed by atoms with Crippen LogP contribution < -0.4 is 14.2 Å². The van der Waals surface area contributed by atoms with E-state index in [4.69, 9.17) is 32.7 Å². The Morgan fingerprint density at radius 1 is 0.938 bits per heavy atom. The summed E-state index contributed by atoms with van der Waals surface area (Å²) < 4.78 is 42.2. The van der Waals surface area contributed by atoms with E-state index in [0.29, 0.717) is 32.5 Å². The number of fused-ring (bicyclic) bond motifs is 2. The van der Waals surface area contributed by atoms with Crippen molar-refractivity contribution in [1.82, 2.24) is 0 Å². The van der Waals surface area contributed by atoms with Crippen molar-refractivity contribution in [2.75, 3.05) is 6.54 Å². The van der Waals surface area contributed by atoms with E-state index in [1.165, 1.54) is 6.07 Å². The first-order chi connectivity index (χ1) is 15.2. The third kappa shape index (κ3) is 3.97. The van der Waals surface area contributed by atoms with Crippen LogP contribution in [0.1, 0.15) is 22.8 Å². The van der Waals surface area contributed by atoms with Crippen LogP contribution in [0.4, 0.5) is 8.78 Å². The van der Waals surface area contributed by atoms with Crippen molar-refractivity contribution in [3.8, 4) is 17.2 Å². The molecule has 32 heavy (non-hydrogen) atoms. The number of hydrogen-bond donors (Lipinski definition) is 0. The molecule has 2 aliphatic rings. The van der Waals surface area contributed by atoms with Crippen LogP contribution in [-0.2, 0) is 13.1 Å². The smallest absolute Gasteiger partial charge is 0.586 e. The van der Waals surface area contributed by atoms with E-state index in [0.717, 1.165) is 0 Å². The first-order valence-electron chi connectivity index (χ1n) is 9.86. The molecule has 3 aromatic rings. The van der Waals surface area contributed by atoms with Crippen LogP contribution in [0.15, 0.2) is 60.7 Å². The van der Waals surface area contributed by atoms with Gasteiger partial charge in [0, 0.05) is 16.7 Å². The maximum Gasteiger partial charge on any atom is 0.586 e. The number of alkyl halides is 2. The molecular weight excluding hydrogens is 463 g/mol. The van der Waals surface area contributed by atoms with Crippen LogP contribution in [0.25, 0.3) is 0 Å². The van der Waals surface area contributed by atoms with Crippen LogP contribution in [0, 0.1) is 5.21 Å². The maximum atomic E-state index is 14.1. The fourth-order valence-electron chi connectivity index (χ4n) is 4.11. The van der Waals surface area contributed by atoms with Gasteiger partial charge in [-0.1, -0.05) is 53.5 Å². The third-order valence-electron chi connectivity index (χ3n) is 5.51. The predicted molar refractivity (Wildman–Crippen MR) is 115 cm³/mol. The molecule has 166 valence electrons. The summed E-state index contributed by atoms with van der Waals surface area (Å²) in [6, 6.07) is 16.7. The van der Waals surface area contributed by atoms with E-state index in [1.54, 1.807) is 48.5 Å². The lowest BCUT2D eigenvalue weighted by Crippen LogP contribution is -2.43. The first-order valence-corrected chi connectivity index (χ1v) is 10.6. The molecule has 0 aromatic heterocycles. The Morgan fingerprint density at radius 2 is 1.62 bits per heavy atom. The highest BCUT2D eigenvalue weighted by Gasteiger charge is 2.46. The second kappa shape index (κ2) is 7.78. The van der Waals surface area contributed by atoms with Crippen LogP contribution >= 0.6 is 23.2 Å². The lowest BCUT2D eigenvalue weighted by atomic mass is 10.1. The molecule has 2 heterocycles. The zero-order valence-electron chi connectivity index (χ0n) is 16.6. The number of hydrogen-bond acceptors (Lipinski definition) is 4. The summed E-state index contributed by atoms with van der Waals surface area (Å²) >= 11 is 12.7. The zero-order valence-corrected chi connectivity index (χ0v) is 18.1. The molecule has 0 fully saturated rings. The van der Waals surface area contributed by atoms with Crippen LogP contribution in [0.2, 0.25) is 10.0 Å². The topological polar surface area (TPSA) is 50.8 Å². The summed E-state index contributed by atoms with van der Waals surface area (Å²) in [5.74, 6) is 0.262. The highest BCUT2D eigenvalue weighted by atomic mass is 35.5. The Labute approximate surface area is 192 Å². The molecule has 0 amide bonds. The molecule has 2 aliphatic heterocycles. The van der Waals surface area contributed by atoms with Crippen molar-refractivity contribution in [3.63, 3.8) is 0 Å². The van der Waals surface area contributed by atoms with E-state index in [2.05, 4.69) is 4.74 Å². The molecule has 0 aliphatic carbocycles. The molecule has 0 bridgehead atoms. The second-order valence-corrected chi connectivity index (χ2v) is 8.63. The highest BCUT2D eigenvalue weighted by molar-refractivity contribution is 6.35. The summed E-state index contributed by atoms with van der Waals surface area (Å²) in [5, 5.41) is 14.9. The first kappa shape index (κ1) is 21.3. The number of para-hydroxylation sites is 2. The minimum atomic E-state index is -3.78. The van der Waals surface area contributed by atoms with Crippen molar-refractivity contribution in [1.29, 1.82) is 0 Å². The molecule has 5 rings (SSSR count). The van der Waals surface area contributed by atoms with Gasteiger partial charge in [-0.3, -0.25) is 0 Å². The molecule has 0 spiro atoms. The van der Waals surface area contributed by atoms with Crippen LogP contribution in [-0.4, -0.2) is 17.5 Å². The summed E-state index contributed by atoms with van der Waals surface area (Å²) in [6.45, 7) is -0.00632. The van der Waals surface area contributed by atoms with Gasteiger partial charge in [-0.25, -0.2) is 0 Å². The largest absolute Gasteiger partial charge is 0.632 e. The number of hydroxylamine groups is 3. The standard InChI is InChI=1S/C23H17Cl2F2NO4/c24-17-7-4-8-18(25)16(17)12-28(29)11-14-5-1-2-9-19(14)30-21(13-28)15-6-3-10-20-22(15)32-23(26,27)31-20/h1-10,21H,11-13H2. The van der Waals surface area contributed by atoms with Gasteiger partial charge in [0.1, 0.15) is 25.4 Å². The molecule has 3 aromatic carbocycles. The fraction of sp³-hybridized carbons (Fsp3) is 0.217. The zero-order chi connectivity index (χ0) is 22.5. The van der Waals surface area contributed by atoms with Crippen LogP contribution in [0.3, 0.4) is 0 Å². The Kier molecular flexibility index (Phi) is 5.17. The summed E-state index contributed by atoms with van der Waals surface area (Å²) in [6.07, 6.45) is -4.65. The molecule has 0 saturated heterocycles. The summed E-state index contributed by atoms with van der Waals surface area (Å²) in [7, 11) is 0. The molecule has 2 atom stereocenters.